The van der Waals surface area contributed by atoms with Crippen molar-refractivity contribution in [2.75, 3.05) is 12.1 Å². The van der Waals surface area contributed by atoms with Gasteiger partial charge in [-0.15, -0.1) is 0 Å². The maximum Gasteiger partial charge on any atom is 0.255 e. The molecule has 104 valence electrons. The van der Waals surface area contributed by atoms with Crippen molar-refractivity contribution in [3.63, 3.8) is 0 Å². The molecule has 0 atom stereocenters. The first-order chi connectivity index (χ1) is 10.3. The minimum Gasteiger partial charge on any atom is -0.454 e. The van der Waals surface area contributed by atoms with E-state index in [0.717, 1.165) is 0 Å². The zero-order valence-corrected chi connectivity index (χ0v) is 11.1. The quantitative estimate of drug-likeness (QED) is 0.938. The molecule has 1 aliphatic heterocycles. The summed E-state index contributed by atoms with van der Waals surface area (Å²) >= 11 is 0. The highest BCUT2D eigenvalue weighted by Crippen LogP contribution is 2.34. The second kappa shape index (κ2) is 5.55. The van der Waals surface area contributed by atoms with Crippen LogP contribution in [0.5, 0.6) is 11.5 Å². The van der Waals surface area contributed by atoms with Crippen molar-refractivity contribution in [3.8, 4) is 17.6 Å². The highest BCUT2D eigenvalue weighted by atomic mass is 16.7. The van der Waals surface area contributed by atoms with E-state index in [2.05, 4.69) is 11.4 Å². The Morgan fingerprint density at radius 1 is 1.19 bits per heavy atom. The third-order valence-corrected chi connectivity index (χ3v) is 3.16. The van der Waals surface area contributed by atoms with Crippen LogP contribution < -0.4 is 14.8 Å². The van der Waals surface area contributed by atoms with Crippen LogP contribution in [0.3, 0.4) is 0 Å². The molecule has 2 aromatic carbocycles. The standard InChI is InChI=1S/C16H12N2O3/c17-8-7-11-3-1-2-4-13(11)16(19)18-12-5-6-14-15(9-12)21-10-20-14/h1-6,9H,7,10H2,(H,18,19). The number of nitriles is 1. The van der Waals surface area contributed by atoms with Crippen LogP contribution in [0.1, 0.15) is 15.9 Å². The summed E-state index contributed by atoms with van der Waals surface area (Å²) in [4.78, 5) is 12.3. The Morgan fingerprint density at radius 3 is 2.86 bits per heavy atom. The summed E-state index contributed by atoms with van der Waals surface area (Å²) in [6, 6.07) is 14.3. The molecule has 0 bridgehead atoms. The molecule has 1 N–H and O–H groups in total. The predicted molar refractivity (Wildman–Crippen MR) is 76.3 cm³/mol. The maximum absolute atomic E-state index is 12.3. The lowest BCUT2D eigenvalue weighted by Gasteiger charge is -2.08. The van der Waals surface area contributed by atoms with Crippen molar-refractivity contribution in [3.05, 3.63) is 53.6 Å². The summed E-state index contributed by atoms with van der Waals surface area (Å²) in [7, 11) is 0. The van der Waals surface area contributed by atoms with E-state index in [9.17, 15) is 4.79 Å². The molecule has 5 heteroatoms. The van der Waals surface area contributed by atoms with Crippen LogP contribution in [0.2, 0.25) is 0 Å². The topological polar surface area (TPSA) is 71.4 Å². The van der Waals surface area contributed by atoms with E-state index in [1.54, 1.807) is 36.4 Å². The van der Waals surface area contributed by atoms with Gasteiger partial charge >= 0.3 is 0 Å². The van der Waals surface area contributed by atoms with Gasteiger partial charge < -0.3 is 14.8 Å². The molecule has 0 saturated heterocycles. The van der Waals surface area contributed by atoms with Gasteiger partial charge in [0.15, 0.2) is 11.5 Å². The summed E-state index contributed by atoms with van der Waals surface area (Å²) in [5.41, 5.74) is 1.82. The van der Waals surface area contributed by atoms with Crippen molar-refractivity contribution >= 4 is 11.6 Å². The molecule has 0 fully saturated rings. The van der Waals surface area contributed by atoms with Crippen molar-refractivity contribution in [1.29, 1.82) is 5.26 Å². The van der Waals surface area contributed by atoms with Crippen molar-refractivity contribution in [2.24, 2.45) is 0 Å². The highest BCUT2D eigenvalue weighted by molar-refractivity contribution is 6.05. The van der Waals surface area contributed by atoms with Gasteiger partial charge in [0.05, 0.1) is 12.5 Å². The third kappa shape index (κ3) is 2.65. The largest absolute Gasteiger partial charge is 0.454 e. The fourth-order valence-electron chi connectivity index (χ4n) is 2.15. The minimum absolute atomic E-state index is 0.192. The van der Waals surface area contributed by atoms with Crippen LogP contribution in [0.25, 0.3) is 0 Å². The monoisotopic (exact) mass is 280 g/mol. The molecule has 0 radical (unpaired) electrons. The normalized spacial score (nSPS) is 11.8. The van der Waals surface area contributed by atoms with E-state index < -0.39 is 0 Å². The first-order valence-corrected chi connectivity index (χ1v) is 6.44. The molecule has 5 nitrogen and oxygen atoms in total. The molecule has 3 rings (SSSR count). The lowest BCUT2D eigenvalue weighted by molar-refractivity contribution is 0.102. The number of nitrogens with one attached hydrogen (secondary N) is 1. The summed E-state index contributed by atoms with van der Waals surface area (Å²) in [5, 5.41) is 11.6. The van der Waals surface area contributed by atoms with Gasteiger partial charge in [-0.25, -0.2) is 0 Å². The first kappa shape index (κ1) is 13.0. The zero-order chi connectivity index (χ0) is 14.7. The number of carbonyl (C=O) groups is 1. The summed E-state index contributed by atoms with van der Waals surface area (Å²) in [6.45, 7) is 0.192. The second-order valence-electron chi connectivity index (χ2n) is 4.51. The van der Waals surface area contributed by atoms with Gasteiger partial charge in [-0.3, -0.25) is 4.79 Å². The van der Waals surface area contributed by atoms with Crippen molar-refractivity contribution in [2.45, 2.75) is 6.42 Å². The molecule has 1 heterocycles. The van der Waals surface area contributed by atoms with Crippen LogP contribution in [0.15, 0.2) is 42.5 Å². The van der Waals surface area contributed by atoms with Gasteiger partial charge in [-0.1, -0.05) is 18.2 Å². The number of fused-ring (bicyclic) bond motifs is 1. The predicted octanol–water partition coefficient (Wildman–Crippen LogP) is 2.73. The maximum atomic E-state index is 12.3. The van der Waals surface area contributed by atoms with Gasteiger partial charge in [0.1, 0.15) is 0 Å². The van der Waals surface area contributed by atoms with E-state index in [1.807, 2.05) is 6.07 Å². The third-order valence-electron chi connectivity index (χ3n) is 3.16. The molecule has 21 heavy (non-hydrogen) atoms. The SMILES string of the molecule is N#CCc1ccccc1C(=O)Nc1ccc2c(c1)OCO2. The lowest BCUT2D eigenvalue weighted by Crippen LogP contribution is -2.14. The van der Waals surface area contributed by atoms with E-state index in [4.69, 9.17) is 14.7 Å². The number of anilines is 1. The van der Waals surface area contributed by atoms with Crippen molar-refractivity contribution in [1.82, 2.24) is 0 Å². The summed E-state index contributed by atoms with van der Waals surface area (Å²) in [5.74, 6) is 1.02. The van der Waals surface area contributed by atoms with Gasteiger partial charge in [-0.2, -0.15) is 5.26 Å². The highest BCUT2D eigenvalue weighted by Gasteiger charge is 2.15. The molecule has 0 aliphatic carbocycles. The smallest absolute Gasteiger partial charge is 0.255 e. The molecule has 0 aromatic heterocycles. The van der Waals surface area contributed by atoms with Crippen LogP contribution >= 0.6 is 0 Å². The molecule has 0 unspecified atom stereocenters. The van der Waals surface area contributed by atoms with Gasteiger partial charge in [0.2, 0.25) is 6.79 Å². The average molecular weight is 280 g/mol. The lowest BCUT2D eigenvalue weighted by atomic mass is 10.0. The number of amides is 1. The molecular formula is C16H12N2O3. The van der Waals surface area contributed by atoms with Crippen LogP contribution in [-0.2, 0) is 6.42 Å². The number of rotatable bonds is 3. The number of carbonyl (C=O) groups excluding carboxylic acids is 1. The van der Waals surface area contributed by atoms with Crippen LogP contribution in [0.4, 0.5) is 5.69 Å². The number of benzene rings is 2. The van der Waals surface area contributed by atoms with E-state index >= 15 is 0 Å². The van der Waals surface area contributed by atoms with Gasteiger partial charge in [0, 0.05) is 17.3 Å². The number of ether oxygens (including phenoxy) is 2. The number of hydrogen-bond donors (Lipinski definition) is 1. The summed E-state index contributed by atoms with van der Waals surface area (Å²) < 4.78 is 10.5. The second-order valence-corrected chi connectivity index (χ2v) is 4.51. The molecule has 1 aliphatic rings. The van der Waals surface area contributed by atoms with Crippen LogP contribution in [-0.4, -0.2) is 12.7 Å². The average Bonchev–Trinajstić information content (AvgIpc) is 2.95. The van der Waals surface area contributed by atoms with E-state index in [-0.39, 0.29) is 19.1 Å². The number of nitrogens with zero attached hydrogens (tertiary/aromatic N) is 1. The summed E-state index contributed by atoms with van der Waals surface area (Å²) in [6.07, 6.45) is 0.199. The Kier molecular flexibility index (Phi) is 3.44. The Bertz CT molecular complexity index is 735. The molecular weight excluding hydrogens is 268 g/mol. The Hall–Kier alpha value is -3.00. The zero-order valence-electron chi connectivity index (χ0n) is 11.1. The van der Waals surface area contributed by atoms with Gasteiger partial charge in [0.25, 0.3) is 5.91 Å². The van der Waals surface area contributed by atoms with Crippen LogP contribution in [0, 0.1) is 11.3 Å². The Labute approximate surface area is 121 Å². The molecule has 1 amide bonds. The van der Waals surface area contributed by atoms with Crippen molar-refractivity contribution < 1.29 is 14.3 Å². The van der Waals surface area contributed by atoms with E-state index in [0.29, 0.717) is 28.3 Å². The fourth-order valence-corrected chi connectivity index (χ4v) is 2.15. The number of hydrogen-bond acceptors (Lipinski definition) is 4. The minimum atomic E-state index is -0.250. The Balaban J connectivity index is 1.82. The molecule has 0 saturated carbocycles. The first-order valence-electron chi connectivity index (χ1n) is 6.44. The molecule has 2 aromatic rings. The van der Waals surface area contributed by atoms with Gasteiger partial charge in [-0.05, 0) is 23.8 Å². The fraction of sp³-hybridized carbons (Fsp3) is 0.125. The Morgan fingerprint density at radius 2 is 2.00 bits per heavy atom. The molecule has 0 spiro atoms. The van der Waals surface area contributed by atoms with E-state index in [1.165, 1.54) is 0 Å².